The van der Waals surface area contributed by atoms with Crippen LogP contribution in [0.5, 0.6) is 0 Å². The molecule has 0 spiro atoms. The molecule has 0 radical (unpaired) electrons. The maximum atomic E-state index is 11.9. The van der Waals surface area contributed by atoms with Crippen LogP contribution in [0.25, 0.3) is 0 Å². The normalized spacial score (nSPS) is 32.7. The minimum Gasteiger partial charge on any atom is -0.391 e. The summed E-state index contributed by atoms with van der Waals surface area (Å²) >= 11 is 0. The summed E-state index contributed by atoms with van der Waals surface area (Å²) < 4.78 is 0. The van der Waals surface area contributed by atoms with Crippen molar-refractivity contribution in [1.82, 2.24) is 4.90 Å². The standard InChI is InChI=1S/C12H19NO3/c14-10-6-2-1-5-9(10)13-11(15)7-3-4-8-12(13)16/h9-10,14H,1-8H2. The van der Waals surface area contributed by atoms with Gasteiger partial charge in [-0.2, -0.15) is 0 Å². The Morgan fingerprint density at radius 3 is 2.06 bits per heavy atom. The third kappa shape index (κ3) is 2.26. The SMILES string of the molecule is O=C1CCCCC(=O)N1C1CCCCC1O. The van der Waals surface area contributed by atoms with Gasteiger partial charge in [0.25, 0.3) is 0 Å². The summed E-state index contributed by atoms with van der Waals surface area (Å²) in [7, 11) is 0. The molecule has 0 bridgehead atoms. The predicted molar refractivity (Wildman–Crippen MR) is 58.6 cm³/mol. The Morgan fingerprint density at radius 1 is 0.938 bits per heavy atom. The van der Waals surface area contributed by atoms with E-state index in [9.17, 15) is 14.7 Å². The van der Waals surface area contributed by atoms with Crippen LogP contribution in [0.1, 0.15) is 51.4 Å². The van der Waals surface area contributed by atoms with E-state index < -0.39 is 6.10 Å². The minimum absolute atomic E-state index is 0.0894. The summed E-state index contributed by atoms with van der Waals surface area (Å²) in [6.07, 6.45) is 5.45. The molecule has 2 rings (SSSR count). The maximum absolute atomic E-state index is 11.9. The van der Waals surface area contributed by atoms with Gasteiger partial charge in [-0.05, 0) is 25.7 Å². The highest BCUT2D eigenvalue weighted by Gasteiger charge is 2.36. The van der Waals surface area contributed by atoms with E-state index in [4.69, 9.17) is 0 Å². The van der Waals surface area contributed by atoms with Crippen LogP contribution < -0.4 is 0 Å². The number of aliphatic hydroxyl groups excluding tert-OH is 1. The van der Waals surface area contributed by atoms with Gasteiger partial charge in [0.05, 0.1) is 12.1 Å². The zero-order valence-electron chi connectivity index (χ0n) is 9.52. The van der Waals surface area contributed by atoms with Gasteiger partial charge < -0.3 is 5.11 Å². The highest BCUT2D eigenvalue weighted by atomic mass is 16.3. The van der Waals surface area contributed by atoms with Crippen molar-refractivity contribution in [3.05, 3.63) is 0 Å². The van der Waals surface area contributed by atoms with Crippen LogP contribution in [-0.2, 0) is 9.59 Å². The number of nitrogens with zero attached hydrogens (tertiary/aromatic N) is 1. The largest absolute Gasteiger partial charge is 0.391 e. The average Bonchev–Trinajstić information content (AvgIpc) is 2.42. The molecule has 4 nitrogen and oxygen atoms in total. The molecule has 90 valence electrons. The van der Waals surface area contributed by atoms with E-state index in [-0.39, 0.29) is 17.9 Å². The number of aliphatic hydroxyl groups is 1. The molecular weight excluding hydrogens is 206 g/mol. The van der Waals surface area contributed by atoms with Gasteiger partial charge in [0.15, 0.2) is 0 Å². The zero-order valence-corrected chi connectivity index (χ0v) is 9.52. The Balaban J connectivity index is 2.14. The summed E-state index contributed by atoms with van der Waals surface area (Å²) in [4.78, 5) is 25.1. The molecule has 1 saturated heterocycles. The molecule has 2 amide bonds. The molecular formula is C12H19NO3. The molecule has 1 saturated carbocycles. The van der Waals surface area contributed by atoms with Crippen LogP contribution in [0.4, 0.5) is 0 Å². The summed E-state index contributed by atoms with van der Waals surface area (Å²) in [5.41, 5.74) is 0. The number of carbonyl (C=O) groups excluding carboxylic acids is 2. The van der Waals surface area contributed by atoms with Gasteiger partial charge in [-0.3, -0.25) is 14.5 Å². The molecule has 4 heteroatoms. The van der Waals surface area contributed by atoms with E-state index in [1.165, 1.54) is 4.90 Å². The van der Waals surface area contributed by atoms with Crippen molar-refractivity contribution in [2.45, 2.75) is 63.5 Å². The van der Waals surface area contributed by atoms with E-state index in [1.807, 2.05) is 0 Å². The number of likely N-dealkylation sites (tertiary alicyclic amines) is 1. The molecule has 0 aromatic rings. The first-order chi connectivity index (χ1) is 7.70. The smallest absolute Gasteiger partial charge is 0.229 e. The van der Waals surface area contributed by atoms with E-state index in [0.29, 0.717) is 19.3 Å². The molecule has 1 aliphatic carbocycles. The third-order valence-corrected chi connectivity index (χ3v) is 3.59. The lowest BCUT2D eigenvalue weighted by Gasteiger charge is -2.35. The number of imide groups is 1. The van der Waals surface area contributed by atoms with E-state index in [1.54, 1.807) is 0 Å². The topological polar surface area (TPSA) is 57.6 Å². The first-order valence-electron chi connectivity index (χ1n) is 6.23. The number of carbonyl (C=O) groups is 2. The second kappa shape index (κ2) is 4.95. The van der Waals surface area contributed by atoms with Gasteiger partial charge in [-0.1, -0.05) is 12.8 Å². The number of hydrogen-bond acceptors (Lipinski definition) is 3. The monoisotopic (exact) mass is 225 g/mol. The summed E-state index contributed by atoms with van der Waals surface area (Å²) in [5, 5.41) is 9.90. The van der Waals surface area contributed by atoms with E-state index in [2.05, 4.69) is 0 Å². The molecule has 2 atom stereocenters. The van der Waals surface area contributed by atoms with E-state index >= 15 is 0 Å². The van der Waals surface area contributed by atoms with E-state index in [0.717, 1.165) is 32.1 Å². The van der Waals surface area contributed by atoms with Gasteiger partial charge in [-0.15, -0.1) is 0 Å². The Labute approximate surface area is 95.6 Å². The van der Waals surface area contributed by atoms with Gasteiger partial charge in [-0.25, -0.2) is 0 Å². The Hall–Kier alpha value is -0.900. The molecule has 16 heavy (non-hydrogen) atoms. The second-order valence-corrected chi connectivity index (χ2v) is 4.78. The molecule has 2 aliphatic rings. The number of hydrogen-bond donors (Lipinski definition) is 1. The Kier molecular flexibility index (Phi) is 3.59. The van der Waals surface area contributed by atoms with Crippen LogP contribution in [0.2, 0.25) is 0 Å². The maximum Gasteiger partial charge on any atom is 0.229 e. The van der Waals surface area contributed by atoms with Crippen LogP contribution in [0, 0.1) is 0 Å². The quantitative estimate of drug-likeness (QED) is 0.683. The minimum atomic E-state index is -0.514. The molecule has 0 aromatic heterocycles. The van der Waals surface area contributed by atoms with Crippen molar-refractivity contribution in [2.24, 2.45) is 0 Å². The van der Waals surface area contributed by atoms with Crippen LogP contribution >= 0.6 is 0 Å². The summed E-state index contributed by atoms with van der Waals surface area (Å²) in [6.45, 7) is 0. The Bertz CT molecular complexity index is 272. The lowest BCUT2D eigenvalue weighted by Crippen LogP contribution is -2.50. The van der Waals surface area contributed by atoms with Gasteiger partial charge in [0.1, 0.15) is 0 Å². The molecule has 1 heterocycles. The van der Waals surface area contributed by atoms with Crippen LogP contribution in [0.15, 0.2) is 0 Å². The predicted octanol–water partition coefficient (Wildman–Crippen LogP) is 1.22. The fourth-order valence-corrected chi connectivity index (χ4v) is 2.70. The number of rotatable bonds is 1. The first-order valence-corrected chi connectivity index (χ1v) is 6.23. The van der Waals surface area contributed by atoms with Crippen molar-refractivity contribution in [2.75, 3.05) is 0 Å². The lowest BCUT2D eigenvalue weighted by atomic mass is 9.91. The van der Waals surface area contributed by atoms with Gasteiger partial charge in [0, 0.05) is 12.8 Å². The highest BCUT2D eigenvalue weighted by Crippen LogP contribution is 2.26. The summed E-state index contributed by atoms with van der Waals surface area (Å²) in [5.74, 6) is -0.179. The molecule has 1 aliphatic heterocycles. The lowest BCUT2D eigenvalue weighted by molar-refractivity contribution is -0.150. The molecule has 1 N–H and O–H groups in total. The van der Waals surface area contributed by atoms with Crippen molar-refractivity contribution >= 4 is 11.8 Å². The van der Waals surface area contributed by atoms with Crippen molar-refractivity contribution in [1.29, 1.82) is 0 Å². The molecule has 2 fully saturated rings. The van der Waals surface area contributed by atoms with Crippen molar-refractivity contribution in [3.8, 4) is 0 Å². The molecule has 2 unspecified atom stereocenters. The fourth-order valence-electron chi connectivity index (χ4n) is 2.70. The third-order valence-electron chi connectivity index (χ3n) is 3.59. The first kappa shape index (κ1) is 11.6. The van der Waals surface area contributed by atoms with Crippen LogP contribution in [-0.4, -0.2) is 34.0 Å². The van der Waals surface area contributed by atoms with Crippen molar-refractivity contribution < 1.29 is 14.7 Å². The van der Waals surface area contributed by atoms with Gasteiger partial charge >= 0.3 is 0 Å². The second-order valence-electron chi connectivity index (χ2n) is 4.78. The van der Waals surface area contributed by atoms with Crippen molar-refractivity contribution in [3.63, 3.8) is 0 Å². The average molecular weight is 225 g/mol. The summed E-state index contributed by atoms with van der Waals surface area (Å²) in [6, 6.07) is -0.258. The highest BCUT2D eigenvalue weighted by molar-refractivity contribution is 5.96. The van der Waals surface area contributed by atoms with Gasteiger partial charge in [0.2, 0.25) is 11.8 Å². The Morgan fingerprint density at radius 2 is 1.50 bits per heavy atom. The molecule has 0 aromatic carbocycles. The fraction of sp³-hybridized carbons (Fsp3) is 0.833. The number of amides is 2. The zero-order chi connectivity index (χ0) is 11.5. The van der Waals surface area contributed by atoms with Crippen LogP contribution in [0.3, 0.4) is 0 Å².